The van der Waals surface area contributed by atoms with Crippen LogP contribution < -0.4 is 4.90 Å². The zero-order valence-corrected chi connectivity index (χ0v) is 17.4. The number of anilines is 1. The number of rotatable bonds is 3. The molecule has 1 aliphatic heterocycles. The lowest BCUT2D eigenvalue weighted by Gasteiger charge is -2.36. The summed E-state index contributed by atoms with van der Waals surface area (Å²) in [6, 6.07) is 0. The third kappa shape index (κ3) is 3.35. The molecule has 0 unspecified atom stereocenters. The number of carbonyl (C=O) groups is 1. The average molecular weight is 409 g/mol. The summed E-state index contributed by atoms with van der Waals surface area (Å²) in [7, 11) is 0. The average Bonchev–Trinajstić information content (AvgIpc) is 3.17. The number of piperazine rings is 1. The molecule has 0 bridgehead atoms. The van der Waals surface area contributed by atoms with Crippen LogP contribution in [0.5, 0.6) is 0 Å². The number of amides is 1. The van der Waals surface area contributed by atoms with E-state index in [0.29, 0.717) is 17.9 Å². The molecule has 29 heavy (non-hydrogen) atoms. The third-order valence-electron chi connectivity index (χ3n) is 5.82. The molecule has 1 fully saturated rings. The van der Waals surface area contributed by atoms with Crippen LogP contribution in [-0.2, 0) is 17.6 Å². The van der Waals surface area contributed by atoms with Crippen molar-refractivity contribution < 1.29 is 4.79 Å². The molecule has 3 aromatic rings. The van der Waals surface area contributed by atoms with Gasteiger partial charge in [0.1, 0.15) is 16.3 Å². The fourth-order valence-electron chi connectivity index (χ4n) is 4.29. The van der Waals surface area contributed by atoms with Crippen LogP contribution in [0.2, 0.25) is 0 Å². The van der Waals surface area contributed by atoms with Crippen molar-refractivity contribution in [3.05, 3.63) is 29.0 Å². The van der Waals surface area contributed by atoms with Gasteiger partial charge in [-0.2, -0.15) is 0 Å². The monoisotopic (exact) mass is 408 g/mol. The molecule has 0 aromatic carbocycles. The summed E-state index contributed by atoms with van der Waals surface area (Å²) >= 11 is 1.81. The smallest absolute Gasteiger partial charge is 0.222 e. The highest BCUT2D eigenvalue weighted by molar-refractivity contribution is 7.19. The quantitative estimate of drug-likeness (QED) is 0.663. The van der Waals surface area contributed by atoms with Gasteiger partial charge < -0.3 is 9.80 Å². The standard InChI is InChI=1S/C21H24N6OS/c1-2-17(28)26-9-11-27(12-10-26)20-18-14-5-3-4-6-16(14)29-21(18)25-19(24-20)15-13-22-7-8-23-15/h7-8,13H,2-6,9-12H2,1H3. The lowest BCUT2D eigenvalue weighted by atomic mass is 9.97. The van der Waals surface area contributed by atoms with E-state index in [0.717, 1.165) is 49.7 Å². The summed E-state index contributed by atoms with van der Waals surface area (Å²) in [4.78, 5) is 37.3. The number of fused-ring (bicyclic) bond motifs is 3. The van der Waals surface area contributed by atoms with Crippen LogP contribution in [0.25, 0.3) is 21.7 Å². The van der Waals surface area contributed by atoms with Gasteiger partial charge in [0.05, 0.1) is 11.6 Å². The van der Waals surface area contributed by atoms with Gasteiger partial charge in [0, 0.05) is 49.9 Å². The number of hydrogen-bond acceptors (Lipinski definition) is 7. The Balaban J connectivity index is 1.59. The van der Waals surface area contributed by atoms with Crippen molar-refractivity contribution in [1.82, 2.24) is 24.8 Å². The van der Waals surface area contributed by atoms with E-state index in [1.54, 1.807) is 29.9 Å². The number of aromatic nitrogens is 4. The summed E-state index contributed by atoms with van der Waals surface area (Å²) in [6.07, 6.45) is 10.3. The lowest BCUT2D eigenvalue weighted by molar-refractivity contribution is -0.131. The minimum absolute atomic E-state index is 0.227. The number of aryl methyl sites for hydroxylation is 2. The Morgan fingerprint density at radius 2 is 1.93 bits per heavy atom. The molecule has 0 N–H and O–H groups in total. The molecule has 3 aromatic heterocycles. The van der Waals surface area contributed by atoms with Crippen molar-refractivity contribution >= 4 is 33.3 Å². The largest absolute Gasteiger partial charge is 0.352 e. The molecular formula is C21H24N6OS. The van der Waals surface area contributed by atoms with E-state index in [1.165, 1.54) is 28.7 Å². The van der Waals surface area contributed by atoms with Crippen molar-refractivity contribution in [3.8, 4) is 11.5 Å². The van der Waals surface area contributed by atoms with Crippen LogP contribution in [0.15, 0.2) is 18.6 Å². The van der Waals surface area contributed by atoms with Crippen LogP contribution in [0.4, 0.5) is 5.82 Å². The van der Waals surface area contributed by atoms with Gasteiger partial charge in [-0.25, -0.2) is 15.0 Å². The molecule has 7 nitrogen and oxygen atoms in total. The predicted molar refractivity (Wildman–Crippen MR) is 114 cm³/mol. The van der Waals surface area contributed by atoms with E-state index in [-0.39, 0.29) is 5.91 Å². The first-order valence-electron chi connectivity index (χ1n) is 10.4. The van der Waals surface area contributed by atoms with Gasteiger partial charge in [-0.15, -0.1) is 11.3 Å². The Morgan fingerprint density at radius 1 is 1.10 bits per heavy atom. The van der Waals surface area contributed by atoms with E-state index >= 15 is 0 Å². The van der Waals surface area contributed by atoms with Gasteiger partial charge in [0.25, 0.3) is 0 Å². The Morgan fingerprint density at radius 3 is 2.69 bits per heavy atom. The number of nitrogens with zero attached hydrogens (tertiary/aromatic N) is 6. The summed E-state index contributed by atoms with van der Waals surface area (Å²) in [5.74, 6) is 1.86. The highest BCUT2D eigenvalue weighted by Crippen LogP contribution is 2.40. The molecule has 0 saturated carbocycles. The summed E-state index contributed by atoms with van der Waals surface area (Å²) in [5.41, 5.74) is 2.13. The molecule has 150 valence electrons. The fraction of sp³-hybridized carbons (Fsp3) is 0.476. The van der Waals surface area contributed by atoms with Crippen LogP contribution >= 0.6 is 11.3 Å². The number of thiophene rings is 1. The second-order valence-corrected chi connectivity index (χ2v) is 8.66. The molecule has 8 heteroatoms. The first-order valence-corrected chi connectivity index (χ1v) is 11.2. The maximum absolute atomic E-state index is 12.1. The Bertz CT molecular complexity index is 1040. The third-order valence-corrected chi connectivity index (χ3v) is 7.01. The van der Waals surface area contributed by atoms with E-state index in [2.05, 4.69) is 14.9 Å². The van der Waals surface area contributed by atoms with E-state index < -0.39 is 0 Å². The molecule has 2 aliphatic rings. The van der Waals surface area contributed by atoms with Crippen molar-refractivity contribution in [1.29, 1.82) is 0 Å². The first-order chi connectivity index (χ1) is 14.2. The Labute approximate surface area is 173 Å². The zero-order valence-electron chi connectivity index (χ0n) is 16.6. The maximum Gasteiger partial charge on any atom is 0.222 e. The zero-order chi connectivity index (χ0) is 19.8. The molecule has 1 saturated heterocycles. The van der Waals surface area contributed by atoms with Crippen molar-refractivity contribution in [2.45, 2.75) is 39.0 Å². The molecule has 0 radical (unpaired) electrons. The van der Waals surface area contributed by atoms with E-state index in [1.807, 2.05) is 11.8 Å². The number of hydrogen-bond donors (Lipinski definition) is 0. The molecule has 4 heterocycles. The normalized spacial score (nSPS) is 16.9. The first kappa shape index (κ1) is 18.4. The maximum atomic E-state index is 12.1. The topological polar surface area (TPSA) is 75.1 Å². The van der Waals surface area contributed by atoms with Gasteiger partial charge in [0.15, 0.2) is 5.82 Å². The summed E-state index contributed by atoms with van der Waals surface area (Å²) in [5, 5.41) is 1.22. The van der Waals surface area contributed by atoms with E-state index in [9.17, 15) is 4.79 Å². The van der Waals surface area contributed by atoms with Crippen molar-refractivity contribution in [2.24, 2.45) is 0 Å². The highest BCUT2D eigenvalue weighted by Gasteiger charge is 2.27. The van der Waals surface area contributed by atoms with Crippen LogP contribution in [0, 0.1) is 0 Å². The van der Waals surface area contributed by atoms with Gasteiger partial charge >= 0.3 is 0 Å². The minimum atomic E-state index is 0.227. The highest BCUT2D eigenvalue weighted by atomic mass is 32.1. The molecule has 0 atom stereocenters. The van der Waals surface area contributed by atoms with Crippen molar-refractivity contribution in [2.75, 3.05) is 31.1 Å². The number of carbonyl (C=O) groups excluding carboxylic acids is 1. The van der Waals surface area contributed by atoms with Crippen LogP contribution in [-0.4, -0.2) is 56.9 Å². The lowest BCUT2D eigenvalue weighted by Crippen LogP contribution is -2.49. The minimum Gasteiger partial charge on any atom is -0.352 e. The molecule has 5 rings (SSSR count). The van der Waals surface area contributed by atoms with Gasteiger partial charge in [0.2, 0.25) is 5.91 Å². The predicted octanol–water partition coefficient (Wildman–Crippen LogP) is 3.09. The molecule has 1 amide bonds. The molecule has 0 spiro atoms. The SMILES string of the molecule is CCC(=O)N1CCN(c2nc(-c3cnccn3)nc3sc4c(c23)CCCC4)CC1. The van der Waals surface area contributed by atoms with Gasteiger partial charge in [-0.1, -0.05) is 6.92 Å². The van der Waals surface area contributed by atoms with Gasteiger partial charge in [-0.05, 0) is 31.2 Å². The second kappa shape index (κ2) is 7.67. The van der Waals surface area contributed by atoms with Crippen LogP contribution in [0.1, 0.15) is 36.6 Å². The Kier molecular flexibility index (Phi) is 4.87. The molecular weight excluding hydrogens is 384 g/mol. The van der Waals surface area contributed by atoms with Crippen LogP contribution in [0.3, 0.4) is 0 Å². The summed E-state index contributed by atoms with van der Waals surface area (Å²) < 4.78 is 0. The second-order valence-electron chi connectivity index (χ2n) is 7.57. The Hall–Kier alpha value is -2.61. The molecule has 1 aliphatic carbocycles. The fourth-order valence-corrected chi connectivity index (χ4v) is 5.54. The van der Waals surface area contributed by atoms with E-state index in [4.69, 9.17) is 9.97 Å². The summed E-state index contributed by atoms with van der Waals surface area (Å²) in [6.45, 7) is 4.99. The van der Waals surface area contributed by atoms with Gasteiger partial charge in [-0.3, -0.25) is 9.78 Å². The van der Waals surface area contributed by atoms with Crippen molar-refractivity contribution in [3.63, 3.8) is 0 Å².